The molecule has 0 saturated heterocycles. The third-order valence-electron chi connectivity index (χ3n) is 3.76. The molecule has 120 valence electrons. The summed E-state index contributed by atoms with van der Waals surface area (Å²) in [6.07, 6.45) is 3.34. The van der Waals surface area contributed by atoms with Crippen LogP contribution in [-0.4, -0.2) is 41.0 Å². The first-order chi connectivity index (χ1) is 11.2. The van der Waals surface area contributed by atoms with E-state index in [-0.39, 0.29) is 0 Å². The Morgan fingerprint density at radius 1 is 1.17 bits per heavy atom. The van der Waals surface area contributed by atoms with Gasteiger partial charge in [-0.2, -0.15) is 5.10 Å². The summed E-state index contributed by atoms with van der Waals surface area (Å²) in [4.78, 5) is 10.7. The maximum absolute atomic E-state index is 5.49. The lowest BCUT2D eigenvalue weighted by Gasteiger charge is -2.21. The molecule has 3 rings (SSSR count). The van der Waals surface area contributed by atoms with E-state index >= 15 is 0 Å². The number of aromatic nitrogens is 4. The zero-order valence-electron chi connectivity index (χ0n) is 13.6. The van der Waals surface area contributed by atoms with Crippen molar-refractivity contribution in [3.8, 4) is 11.5 Å². The van der Waals surface area contributed by atoms with Gasteiger partial charge in [0, 0.05) is 26.2 Å². The van der Waals surface area contributed by atoms with Gasteiger partial charge < -0.3 is 14.4 Å². The molecule has 7 heteroatoms. The van der Waals surface area contributed by atoms with Crippen LogP contribution < -0.4 is 14.4 Å². The molecule has 0 aliphatic heterocycles. The van der Waals surface area contributed by atoms with Crippen LogP contribution in [0.1, 0.15) is 5.56 Å². The molecule has 0 amide bonds. The Balaban J connectivity index is 1.97. The number of ether oxygens (including phenoxy) is 2. The molecule has 2 aromatic heterocycles. The third kappa shape index (κ3) is 2.65. The van der Waals surface area contributed by atoms with Gasteiger partial charge in [-0.25, -0.2) is 9.97 Å². The van der Waals surface area contributed by atoms with Gasteiger partial charge in [-0.1, -0.05) is 12.1 Å². The molecule has 23 heavy (non-hydrogen) atoms. The first kappa shape index (κ1) is 15.1. The molecule has 0 aliphatic rings. The van der Waals surface area contributed by atoms with Gasteiger partial charge in [0.25, 0.3) is 0 Å². The summed E-state index contributed by atoms with van der Waals surface area (Å²) in [5.41, 5.74) is 1.82. The monoisotopic (exact) mass is 313 g/mol. The van der Waals surface area contributed by atoms with Crippen LogP contribution in [0.25, 0.3) is 11.0 Å². The van der Waals surface area contributed by atoms with E-state index in [0.717, 1.165) is 28.2 Å². The van der Waals surface area contributed by atoms with Crippen LogP contribution in [0, 0.1) is 0 Å². The highest BCUT2D eigenvalue weighted by Crippen LogP contribution is 2.32. The summed E-state index contributed by atoms with van der Waals surface area (Å²) in [5.74, 6) is 2.28. The minimum atomic E-state index is 0.626. The van der Waals surface area contributed by atoms with Crippen LogP contribution in [0.2, 0.25) is 0 Å². The second kappa shape index (κ2) is 6.12. The molecular weight excluding hydrogens is 294 g/mol. The molecule has 0 unspecified atom stereocenters. The topological polar surface area (TPSA) is 65.3 Å². The molecule has 0 radical (unpaired) electrons. The normalized spacial score (nSPS) is 10.8. The summed E-state index contributed by atoms with van der Waals surface area (Å²) in [5, 5.41) is 5.17. The quantitative estimate of drug-likeness (QED) is 0.718. The van der Waals surface area contributed by atoms with Gasteiger partial charge in [0.05, 0.1) is 25.8 Å². The van der Waals surface area contributed by atoms with Crippen molar-refractivity contribution in [1.29, 1.82) is 0 Å². The van der Waals surface area contributed by atoms with Crippen molar-refractivity contribution in [2.24, 2.45) is 7.05 Å². The van der Waals surface area contributed by atoms with Crippen LogP contribution in [0.4, 0.5) is 5.82 Å². The van der Waals surface area contributed by atoms with Crippen LogP contribution in [-0.2, 0) is 13.6 Å². The molecule has 0 aliphatic carbocycles. The SMILES string of the molecule is COc1cccc(CN(C)c2ncnc3c2cnn3C)c1OC. The number of para-hydroxylation sites is 1. The summed E-state index contributed by atoms with van der Waals surface area (Å²) in [6.45, 7) is 0.626. The van der Waals surface area contributed by atoms with Gasteiger partial charge in [-0.05, 0) is 6.07 Å². The molecule has 1 aromatic carbocycles. The molecule has 0 spiro atoms. The van der Waals surface area contributed by atoms with Crippen molar-refractivity contribution >= 4 is 16.9 Å². The first-order valence-electron chi connectivity index (χ1n) is 7.19. The number of hydrogen-bond donors (Lipinski definition) is 0. The standard InChI is InChI=1S/C16H19N5O2/c1-20(9-11-6-5-7-13(22-3)14(11)23-4)15-12-8-19-21(2)16(12)18-10-17-15/h5-8,10H,9H2,1-4H3. The molecule has 0 saturated carbocycles. The van der Waals surface area contributed by atoms with Gasteiger partial charge in [-0.15, -0.1) is 0 Å². The maximum Gasteiger partial charge on any atom is 0.165 e. The average molecular weight is 313 g/mol. The number of benzene rings is 1. The van der Waals surface area contributed by atoms with E-state index in [4.69, 9.17) is 9.47 Å². The number of rotatable bonds is 5. The van der Waals surface area contributed by atoms with E-state index in [2.05, 4.69) is 15.1 Å². The molecule has 0 fully saturated rings. The van der Waals surface area contributed by atoms with Crippen molar-refractivity contribution in [2.75, 3.05) is 26.2 Å². The second-order valence-electron chi connectivity index (χ2n) is 5.21. The van der Waals surface area contributed by atoms with Gasteiger partial charge >= 0.3 is 0 Å². The lowest BCUT2D eigenvalue weighted by molar-refractivity contribution is 0.351. The molecule has 0 atom stereocenters. The van der Waals surface area contributed by atoms with Gasteiger partial charge in [-0.3, -0.25) is 4.68 Å². The van der Waals surface area contributed by atoms with Crippen LogP contribution in [0.5, 0.6) is 11.5 Å². The van der Waals surface area contributed by atoms with Crippen molar-refractivity contribution in [1.82, 2.24) is 19.7 Å². The Bertz CT molecular complexity index is 830. The zero-order chi connectivity index (χ0) is 16.4. The zero-order valence-corrected chi connectivity index (χ0v) is 13.6. The Morgan fingerprint density at radius 3 is 2.74 bits per heavy atom. The van der Waals surface area contributed by atoms with Crippen LogP contribution >= 0.6 is 0 Å². The summed E-state index contributed by atoms with van der Waals surface area (Å²) < 4.78 is 12.6. The minimum Gasteiger partial charge on any atom is -0.493 e. The van der Waals surface area contributed by atoms with E-state index in [9.17, 15) is 0 Å². The molecule has 3 aromatic rings. The molecule has 0 N–H and O–H groups in total. The average Bonchev–Trinajstić information content (AvgIpc) is 2.96. The predicted molar refractivity (Wildman–Crippen MR) is 88.0 cm³/mol. The summed E-state index contributed by atoms with van der Waals surface area (Å²) in [6, 6.07) is 5.84. The van der Waals surface area contributed by atoms with E-state index in [1.807, 2.05) is 37.2 Å². The van der Waals surface area contributed by atoms with Crippen molar-refractivity contribution < 1.29 is 9.47 Å². The van der Waals surface area contributed by atoms with E-state index < -0.39 is 0 Å². The van der Waals surface area contributed by atoms with Crippen molar-refractivity contribution in [3.05, 3.63) is 36.3 Å². The number of nitrogens with zero attached hydrogens (tertiary/aromatic N) is 5. The highest BCUT2D eigenvalue weighted by molar-refractivity contribution is 5.86. The van der Waals surface area contributed by atoms with Crippen molar-refractivity contribution in [3.63, 3.8) is 0 Å². The lowest BCUT2D eigenvalue weighted by Crippen LogP contribution is -2.18. The number of methoxy groups -OCH3 is 2. The van der Waals surface area contributed by atoms with Gasteiger partial charge in [0.15, 0.2) is 17.1 Å². The number of fused-ring (bicyclic) bond motifs is 1. The van der Waals surface area contributed by atoms with E-state index in [1.54, 1.807) is 31.4 Å². The smallest absolute Gasteiger partial charge is 0.165 e. The van der Waals surface area contributed by atoms with Gasteiger partial charge in [0.2, 0.25) is 0 Å². The fourth-order valence-electron chi connectivity index (χ4n) is 2.66. The van der Waals surface area contributed by atoms with Crippen molar-refractivity contribution in [2.45, 2.75) is 6.54 Å². The van der Waals surface area contributed by atoms with Crippen LogP contribution in [0.3, 0.4) is 0 Å². The minimum absolute atomic E-state index is 0.626. The predicted octanol–water partition coefficient (Wildman–Crippen LogP) is 2.02. The van der Waals surface area contributed by atoms with E-state index in [1.165, 1.54) is 0 Å². The number of hydrogen-bond acceptors (Lipinski definition) is 6. The Kier molecular flexibility index (Phi) is 4.01. The molecular formula is C16H19N5O2. The number of anilines is 1. The van der Waals surface area contributed by atoms with Crippen LogP contribution in [0.15, 0.2) is 30.7 Å². The Morgan fingerprint density at radius 2 is 2.00 bits per heavy atom. The maximum atomic E-state index is 5.49. The number of aryl methyl sites for hydroxylation is 1. The van der Waals surface area contributed by atoms with Gasteiger partial charge in [0.1, 0.15) is 12.1 Å². The molecule has 2 heterocycles. The Hall–Kier alpha value is -2.83. The first-order valence-corrected chi connectivity index (χ1v) is 7.19. The third-order valence-corrected chi connectivity index (χ3v) is 3.76. The molecule has 0 bridgehead atoms. The fraction of sp³-hybridized carbons (Fsp3) is 0.312. The van der Waals surface area contributed by atoms with E-state index in [0.29, 0.717) is 12.3 Å². The largest absolute Gasteiger partial charge is 0.493 e. The summed E-state index contributed by atoms with van der Waals surface area (Å²) >= 11 is 0. The highest BCUT2D eigenvalue weighted by atomic mass is 16.5. The molecule has 7 nitrogen and oxygen atoms in total. The summed E-state index contributed by atoms with van der Waals surface area (Å²) in [7, 11) is 7.12. The Labute approximate surface area is 134 Å². The second-order valence-corrected chi connectivity index (χ2v) is 5.21. The lowest BCUT2D eigenvalue weighted by atomic mass is 10.1. The fourth-order valence-corrected chi connectivity index (χ4v) is 2.66. The highest BCUT2D eigenvalue weighted by Gasteiger charge is 2.15.